The molecular formula is C14H22N4O2. The molecule has 2 aliphatic carbocycles. The molecule has 6 heteroatoms. The van der Waals surface area contributed by atoms with Crippen LogP contribution in [-0.4, -0.2) is 27.7 Å². The van der Waals surface area contributed by atoms with Crippen LogP contribution in [0.25, 0.3) is 0 Å². The van der Waals surface area contributed by atoms with Gasteiger partial charge in [0.25, 0.3) is 0 Å². The number of fused-ring (bicyclic) bond motifs is 2. The largest absolute Gasteiger partial charge is 0.355 e. The maximum atomic E-state index is 12.6. The van der Waals surface area contributed by atoms with Crippen LogP contribution >= 0.6 is 0 Å². The van der Waals surface area contributed by atoms with E-state index in [0.29, 0.717) is 24.3 Å². The van der Waals surface area contributed by atoms with Crippen molar-refractivity contribution in [2.75, 3.05) is 18.5 Å². The van der Waals surface area contributed by atoms with Gasteiger partial charge in [-0.05, 0) is 38.0 Å². The smallest absolute Gasteiger partial charge is 0.345 e. The second kappa shape index (κ2) is 4.75. The molecule has 3 unspecified atom stereocenters. The average molecular weight is 278 g/mol. The third-order valence-corrected chi connectivity index (χ3v) is 5.04. The van der Waals surface area contributed by atoms with Gasteiger partial charge in [0.15, 0.2) is 0 Å². The van der Waals surface area contributed by atoms with Crippen LogP contribution in [0.4, 0.5) is 5.95 Å². The van der Waals surface area contributed by atoms with Crippen molar-refractivity contribution in [1.82, 2.24) is 14.1 Å². The van der Waals surface area contributed by atoms with Crippen LogP contribution in [0.1, 0.15) is 38.6 Å². The minimum absolute atomic E-state index is 0.0634. The van der Waals surface area contributed by atoms with Crippen LogP contribution in [0, 0.1) is 11.8 Å². The molecule has 2 bridgehead atoms. The summed E-state index contributed by atoms with van der Waals surface area (Å²) in [5.41, 5.74) is -0.612. The van der Waals surface area contributed by atoms with Crippen LogP contribution < -0.4 is 16.3 Å². The lowest BCUT2D eigenvalue weighted by molar-refractivity contribution is 0.304. The monoisotopic (exact) mass is 278 g/mol. The quantitative estimate of drug-likeness (QED) is 0.819. The summed E-state index contributed by atoms with van der Waals surface area (Å²) in [7, 11) is 3.53. The lowest BCUT2D eigenvalue weighted by Gasteiger charge is -2.25. The first-order chi connectivity index (χ1) is 9.52. The van der Waals surface area contributed by atoms with E-state index in [-0.39, 0.29) is 17.4 Å². The van der Waals surface area contributed by atoms with E-state index in [0.717, 1.165) is 19.3 Å². The predicted molar refractivity (Wildman–Crippen MR) is 77.2 cm³/mol. The Morgan fingerprint density at radius 1 is 1.30 bits per heavy atom. The number of anilines is 1. The summed E-state index contributed by atoms with van der Waals surface area (Å²) in [6.45, 7) is 2.67. The van der Waals surface area contributed by atoms with Crippen LogP contribution in [0.5, 0.6) is 0 Å². The second-order valence-electron chi connectivity index (χ2n) is 6.16. The second-order valence-corrected chi connectivity index (χ2v) is 6.16. The molecule has 2 aliphatic rings. The fourth-order valence-electron chi connectivity index (χ4n) is 3.84. The molecule has 0 spiro atoms. The highest BCUT2D eigenvalue weighted by atomic mass is 16.2. The third-order valence-electron chi connectivity index (χ3n) is 5.04. The van der Waals surface area contributed by atoms with E-state index in [4.69, 9.17) is 0 Å². The molecule has 1 aromatic rings. The Bertz CT molecular complexity index is 633. The number of hydrogen-bond donors (Lipinski definition) is 0. The van der Waals surface area contributed by atoms with Gasteiger partial charge in [0, 0.05) is 26.7 Å². The van der Waals surface area contributed by atoms with Gasteiger partial charge in [-0.15, -0.1) is 0 Å². The SMILES string of the molecule is CCN(C)c1nc(=O)n(C2CC3CCC2C3)c(=O)n1C. The van der Waals surface area contributed by atoms with Gasteiger partial charge in [0.05, 0.1) is 0 Å². The molecule has 0 radical (unpaired) electrons. The zero-order chi connectivity index (χ0) is 14.4. The number of rotatable bonds is 3. The normalized spacial score (nSPS) is 28.1. The Morgan fingerprint density at radius 3 is 2.60 bits per heavy atom. The van der Waals surface area contributed by atoms with E-state index in [1.807, 2.05) is 18.9 Å². The van der Waals surface area contributed by atoms with Crippen molar-refractivity contribution in [1.29, 1.82) is 0 Å². The number of hydrogen-bond acceptors (Lipinski definition) is 4. The molecule has 3 atom stereocenters. The molecule has 0 N–H and O–H groups in total. The summed E-state index contributed by atoms with van der Waals surface area (Å²) in [6, 6.07) is 0.0634. The van der Waals surface area contributed by atoms with Gasteiger partial charge in [0.1, 0.15) is 0 Å². The zero-order valence-corrected chi connectivity index (χ0v) is 12.4. The maximum absolute atomic E-state index is 12.6. The molecule has 0 saturated heterocycles. The lowest BCUT2D eigenvalue weighted by Crippen LogP contribution is -2.46. The van der Waals surface area contributed by atoms with Gasteiger partial charge in [0.2, 0.25) is 5.95 Å². The maximum Gasteiger partial charge on any atom is 0.355 e. The molecule has 0 aromatic carbocycles. The topological polar surface area (TPSA) is 60.1 Å². The highest BCUT2D eigenvalue weighted by molar-refractivity contribution is 5.27. The Morgan fingerprint density at radius 2 is 2.05 bits per heavy atom. The molecule has 20 heavy (non-hydrogen) atoms. The molecule has 1 heterocycles. The van der Waals surface area contributed by atoms with Gasteiger partial charge in [-0.25, -0.2) is 14.2 Å². The molecule has 0 aliphatic heterocycles. The van der Waals surface area contributed by atoms with E-state index in [9.17, 15) is 9.59 Å². The Hall–Kier alpha value is -1.59. The predicted octanol–water partition coefficient (Wildman–Crippen LogP) is 0.759. The first kappa shape index (κ1) is 13.4. The Labute approximate surface area is 118 Å². The van der Waals surface area contributed by atoms with Crippen molar-refractivity contribution in [3.8, 4) is 0 Å². The average Bonchev–Trinajstić information content (AvgIpc) is 3.05. The molecule has 1 aromatic heterocycles. The molecule has 0 amide bonds. The van der Waals surface area contributed by atoms with Crippen molar-refractivity contribution < 1.29 is 0 Å². The highest BCUT2D eigenvalue weighted by Crippen LogP contribution is 2.49. The summed E-state index contributed by atoms with van der Waals surface area (Å²) < 4.78 is 2.90. The van der Waals surface area contributed by atoms with E-state index in [1.54, 1.807) is 7.05 Å². The first-order valence-electron chi connectivity index (χ1n) is 7.43. The van der Waals surface area contributed by atoms with Crippen molar-refractivity contribution >= 4 is 5.95 Å². The van der Waals surface area contributed by atoms with Crippen molar-refractivity contribution in [2.45, 2.75) is 38.6 Å². The van der Waals surface area contributed by atoms with Crippen LogP contribution in [-0.2, 0) is 7.05 Å². The van der Waals surface area contributed by atoms with E-state index in [2.05, 4.69) is 4.98 Å². The van der Waals surface area contributed by atoms with Crippen molar-refractivity contribution in [3.63, 3.8) is 0 Å². The van der Waals surface area contributed by atoms with E-state index < -0.39 is 0 Å². The molecule has 3 rings (SSSR count). The highest BCUT2D eigenvalue weighted by Gasteiger charge is 2.42. The Kier molecular flexibility index (Phi) is 3.18. The molecule has 2 fully saturated rings. The number of aromatic nitrogens is 3. The standard InChI is InChI=1S/C14H22N4O2/c1-4-16(2)12-15-13(19)18(14(20)17(12)3)11-8-9-5-6-10(11)7-9/h9-11H,4-8H2,1-3H3. The van der Waals surface area contributed by atoms with Gasteiger partial charge in [-0.3, -0.25) is 4.57 Å². The van der Waals surface area contributed by atoms with Crippen molar-refractivity contribution in [2.24, 2.45) is 18.9 Å². The van der Waals surface area contributed by atoms with Crippen LogP contribution in [0.15, 0.2) is 9.59 Å². The fourth-order valence-corrected chi connectivity index (χ4v) is 3.84. The van der Waals surface area contributed by atoms with Crippen molar-refractivity contribution in [3.05, 3.63) is 21.0 Å². The fraction of sp³-hybridized carbons (Fsp3) is 0.786. The summed E-state index contributed by atoms with van der Waals surface area (Å²) in [4.78, 5) is 30.8. The molecule has 6 nitrogen and oxygen atoms in total. The summed E-state index contributed by atoms with van der Waals surface area (Å²) in [5, 5.41) is 0. The lowest BCUT2D eigenvalue weighted by atomic mass is 9.95. The Balaban J connectivity index is 2.07. The third kappa shape index (κ3) is 1.89. The minimum atomic E-state index is -0.388. The van der Waals surface area contributed by atoms with Gasteiger partial charge in [-0.2, -0.15) is 4.98 Å². The van der Waals surface area contributed by atoms with Crippen LogP contribution in [0.2, 0.25) is 0 Å². The zero-order valence-electron chi connectivity index (χ0n) is 12.4. The first-order valence-corrected chi connectivity index (χ1v) is 7.43. The van der Waals surface area contributed by atoms with E-state index >= 15 is 0 Å². The van der Waals surface area contributed by atoms with Gasteiger partial charge < -0.3 is 4.90 Å². The van der Waals surface area contributed by atoms with E-state index in [1.165, 1.54) is 15.6 Å². The molecular weight excluding hydrogens is 256 g/mol. The summed E-state index contributed by atoms with van der Waals surface area (Å²) in [6.07, 6.45) is 4.52. The van der Waals surface area contributed by atoms with Crippen LogP contribution in [0.3, 0.4) is 0 Å². The number of nitrogens with zero attached hydrogens (tertiary/aromatic N) is 4. The summed E-state index contributed by atoms with van der Waals surface area (Å²) >= 11 is 0. The summed E-state index contributed by atoms with van der Waals surface area (Å²) in [5.74, 6) is 1.63. The molecule has 110 valence electrons. The molecule has 2 saturated carbocycles. The minimum Gasteiger partial charge on any atom is -0.345 e. The van der Waals surface area contributed by atoms with Gasteiger partial charge >= 0.3 is 11.4 Å². The van der Waals surface area contributed by atoms with Gasteiger partial charge in [-0.1, -0.05) is 6.42 Å².